The molecule has 22 heavy (non-hydrogen) atoms. The Morgan fingerprint density at radius 1 is 1.14 bits per heavy atom. The zero-order chi connectivity index (χ0) is 15.9. The van der Waals surface area contributed by atoms with Crippen LogP contribution in [0.1, 0.15) is 56.6 Å². The third-order valence-corrected chi connectivity index (χ3v) is 4.47. The normalized spacial score (nSPS) is 18.2. The number of hydrogen-bond donors (Lipinski definition) is 1. The van der Waals surface area contributed by atoms with Crippen molar-refractivity contribution in [2.45, 2.75) is 58.5 Å². The molecular formula is C19H31NO2. The summed E-state index contributed by atoms with van der Waals surface area (Å²) in [7, 11) is 0. The summed E-state index contributed by atoms with van der Waals surface area (Å²) in [5.74, 6) is 1.39. The first kappa shape index (κ1) is 17.3. The van der Waals surface area contributed by atoms with Crippen LogP contribution in [0.15, 0.2) is 18.2 Å². The second-order valence-electron chi connectivity index (χ2n) is 6.85. The highest BCUT2D eigenvalue weighted by Gasteiger charge is 2.14. The van der Waals surface area contributed by atoms with Crippen molar-refractivity contribution in [1.29, 1.82) is 0 Å². The summed E-state index contributed by atoms with van der Waals surface area (Å²) in [6.07, 6.45) is 4.74. The fourth-order valence-electron chi connectivity index (χ4n) is 3.25. The number of ether oxygens (including phenoxy) is 1. The molecule has 2 rings (SSSR count). The van der Waals surface area contributed by atoms with Crippen LogP contribution in [0.25, 0.3) is 0 Å². The molecule has 1 aliphatic rings. The van der Waals surface area contributed by atoms with E-state index in [0.29, 0.717) is 12.5 Å². The van der Waals surface area contributed by atoms with Gasteiger partial charge in [-0.25, -0.2) is 0 Å². The van der Waals surface area contributed by atoms with Crippen molar-refractivity contribution in [2.75, 3.05) is 26.2 Å². The molecule has 1 aliphatic heterocycles. The van der Waals surface area contributed by atoms with E-state index >= 15 is 0 Å². The molecule has 1 fully saturated rings. The van der Waals surface area contributed by atoms with E-state index < -0.39 is 6.10 Å². The molecule has 0 aromatic heterocycles. The van der Waals surface area contributed by atoms with Crippen LogP contribution in [0, 0.1) is 6.92 Å². The molecule has 124 valence electrons. The minimum Gasteiger partial charge on any atom is -0.491 e. The number of β-amino-alcohol motifs (C(OH)–C–C–N with tert-alkyl or cyclic N) is 1. The van der Waals surface area contributed by atoms with Crippen molar-refractivity contribution in [2.24, 2.45) is 0 Å². The van der Waals surface area contributed by atoms with Crippen molar-refractivity contribution >= 4 is 0 Å². The monoisotopic (exact) mass is 305 g/mol. The van der Waals surface area contributed by atoms with Crippen LogP contribution in [0.5, 0.6) is 5.75 Å². The molecule has 0 bridgehead atoms. The van der Waals surface area contributed by atoms with E-state index in [1.165, 1.54) is 36.8 Å². The summed E-state index contributed by atoms with van der Waals surface area (Å²) in [6, 6.07) is 6.23. The van der Waals surface area contributed by atoms with Crippen molar-refractivity contribution in [1.82, 2.24) is 4.90 Å². The topological polar surface area (TPSA) is 32.7 Å². The van der Waals surface area contributed by atoms with Crippen LogP contribution in [0.2, 0.25) is 0 Å². The third-order valence-electron chi connectivity index (χ3n) is 4.47. The van der Waals surface area contributed by atoms with Gasteiger partial charge in [0.1, 0.15) is 18.5 Å². The summed E-state index contributed by atoms with van der Waals surface area (Å²) in [5, 5.41) is 10.2. The molecule has 0 aliphatic carbocycles. The van der Waals surface area contributed by atoms with Crippen molar-refractivity contribution in [3.63, 3.8) is 0 Å². The van der Waals surface area contributed by atoms with E-state index in [1.807, 2.05) is 6.07 Å². The molecule has 0 saturated carbocycles. The van der Waals surface area contributed by atoms with E-state index in [0.717, 1.165) is 25.4 Å². The molecule has 1 aromatic rings. The lowest BCUT2D eigenvalue weighted by atomic mass is 9.98. The number of hydrogen-bond acceptors (Lipinski definition) is 3. The highest BCUT2D eigenvalue weighted by Crippen LogP contribution is 2.23. The number of aliphatic hydroxyl groups is 1. The van der Waals surface area contributed by atoms with E-state index in [2.05, 4.69) is 37.8 Å². The first-order chi connectivity index (χ1) is 10.6. The first-order valence-electron chi connectivity index (χ1n) is 8.70. The van der Waals surface area contributed by atoms with E-state index in [9.17, 15) is 5.11 Å². The van der Waals surface area contributed by atoms with Crippen molar-refractivity contribution in [3.05, 3.63) is 29.3 Å². The molecule has 0 spiro atoms. The number of benzene rings is 1. The first-order valence-corrected chi connectivity index (χ1v) is 8.70. The number of likely N-dealkylation sites (tertiary alicyclic amines) is 1. The van der Waals surface area contributed by atoms with Crippen LogP contribution in [-0.2, 0) is 0 Å². The number of aliphatic hydroxyl groups excluding tert-OH is 1. The molecule has 1 N–H and O–H groups in total. The molecule has 0 radical (unpaired) electrons. The Balaban J connectivity index is 1.80. The number of rotatable bonds is 6. The second-order valence-corrected chi connectivity index (χ2v) is 6.85. The molecule has 3 heteroatoms. The van der Waals surface area contributed by atoms with E-state index in [1.54, 1.807) is 0 Å². The van der Waals surface area contributed by atoms with Gasteiger partial charge in [0.25, 0.3) is 0 Å². The largest absolute Gasteiger partial charge is 0.491 e. The SMILES string of the molecule is Cc1cc(OC[C@H](O)CN2CCCCCC2)ccc1C(C)C. The Bertz CT molecular complexity index is 451. The summed E-state index contributed by atoms with van der Waals surface area (Å²) in [5.41, 5.74) is 2.62. The van der Waals surface area contributed by atoms with Gasteiger partial charge in [-0.2, -0.15) is 0 Å². The van der Waals surface area contributed by atoms with Crippen LogP contribution in [0.3, 0.4) is 0 Å². The predicted molar refractivity (Wildman–Crippen MR) is 91.7 cm³/mol. The Morgan fingerprint density at radius 3 is 2.41 bits per heavy atom. The quantitative estimate of drug-likeness (QED) is 0.869. The maximum absolute atomic E-state index is 10.2. The molecule has 0 amide bonds. The van der Waals surface area contributed by atoms with Gasteiger partial charge in [0.2, 0.25) is 0 Å². The van der Waals surface area contributed by atoms with Gasteiger partial charge in [-0.3, -0.25) is 0 Å². The highest BCUT2D eigenvalue weighted by atomic mass is 16.5. The zero-order valence-corrected chi connectivity index (χ0v) is 14.3. The number of aryl methyl sites for hydroxylation is 1. The average molecular weight is 305 g/mol. The van der Waals surface area contributed by atoms with Gasteiger partial charge in [-0.1, -0.05) is 32.8 Å². The second kappa shape index (κ2) is 8.54. The van der Waals surface area contributed by atoms with Crippen molar-refractivity contribution in [3.8, 4) is 5.75 Å². The molecule has 1 aromatic carbocycles. The fraction of sp³-hybridized carbons (Fsp3) is 0.684. The van der Waals surface area contributed by atoms with E-state index in [-0.39, 0.29) is 0 Å². The summed E-state index contributed by atoms with van der Waals surface area (Å²) >= 11 is 0. The molecule has 0 unspecified atom stereocenters. The van der Waals surface area contributed by atoms with Crippen LogP contribution in [-0.4, -0.2) is 42.4 Å². The average Bonchev–Trinajstić information content (AvgIpc) is 2.73. The number of nitrogens with zero attached hydrogens (tertiary/aromatic N) is 1. The van der Waals surface area contributed by atoms with Crippen LogP contribution >= 0.6 is 0 Å². The molecule has 1 heterocycles. The molecule has 3 nitrogen and oxygen atoms in total. The lowest BCUT2D eigenvalue weighted by Gasteiger charge is -2.23. The Hall–Kier alpha value is -1.06. The van der Waals surface area contributed by atoms with Gasteiger partial charge in [-0.05, 0) is 62.0 Å². The van der Waals surface area contributed by atoms with Gasteiger partial charge in [0, 0.05) is 6.54 Å². The van der Waals surface area contributed by atoms with Crippen molar-refractivity contribution < 1.29 is 9.84 Å². The zero-order valence-electron chi connectivity index (χ0n) is 14.3. The Kier molecular flexibility index (Phi) is 6.71. The van der Waals surface area contributed by atoms with Gasteiger partial charge in [-0.15, -0.1) is 0 Å². The third kappa shape index (κ3) is 5.29. The summed E-state index contributed by atoms with van der Waals surface area (Å²) in [6.45, 7) is 9.84. The molecule has 1 atom stereocenters. The Morgan fingerprint density at radius 2 is 1.82 bits per heavy atom. The Labute approximate surface area is 135 Å². The maximum atomic E-state index is 10.2. The van der Waals surface area contributed by atoms with Crippen LogP contribution in [0.4, 0.5) is 0 Å². The standard InChI is InChI=1S/C19H31NO2/c1-15(2)19-9-8-18(12-16(19)3)22-14-17(21)13-20-10-6-4-5-7-11-20/h8-9,12,15,17,21H,4-7,10-11,13-14H2,1-3H3/t17-/m1/s1. The van der Waals surface area contributed by atoms with Crippen LogP contribution < -0.4 is 4.74 Å². The fourth-order valence-corrected chi connectivity index (χ4v) is 3.25. The maximum Gasteiger partial charge on any atom is 0.119 e. The highest BCUT2D eigenvalue weighted by molar-refractivity contribution is 5.36. The van der Waals surface area contributed by atoms with Gasteiger partial charge in [0.15, 0.2) is 0 Å². The minimum absolute atomic E-state index is 0.372. The summed E-state index contributed by atoms with van der Waals surface area (Å²) < 4.78 is 5.78. The molecule has 1 saturated heterocycles. The summed E-state index contributed by atoms with van der Waals surface area (Å²) in [4.78, 5) is 2.37. The molecular weight excluding hydrogens is 274 g/mol. The lowest BCUT2D eigenvalue weighted by Crippen LogP contribution is -2.36. The minimum atomic E-state index is -0.414. The predicted octanol–water partition coefficient (Wildman–Crippen LogP) is 3.73. The smallest absolute Gasteiger partial charge is 0.119 e. The lowest BCUT2D eigenvalue weighted by molar-refractivity contribution is 0.0693. The van der Waals surface area contributed by atoms with Gasteiger partial charge >= 0.3 is 0 Å². The van der Waals surface area contributed by atoms with Gasteiger partial charge < -0.3 is 14.7 Å². The van der Waals surface area contributed by atoms with E-state index in [4.69, 9.17) is 4.74 Å². The van der Waals surface area contributed by atoms with Gasteiger partial charge in [0.05, 0.1) is 0 Å².